The normalized spacial score (nSPS) is 12.1. The van der Waals surface area contributed by atoms with E-state index in [4.69, 9.17) is 27.9 Å². The number of nitrogens with one attached hydrogen (secondary N) is 3. The van der Waals surface area contributed by atoms with Gasteiger partial charge in [-0.15, -0.1) is 0 Å². The zero-order chi connectivity index (χ0) is 21.1. The molecule has 1 aromatic heterocycles. The quantitative estimate of drug-likeness (QED) is 0.547. The Morgan fingerprint density at radius 2 is 1.82 bits per heavy atom. The topological polar surface area (TPSA) is 83.2 Å². The van der Waals surface area contributed by atoms with Crippen LogP contribution in [0.2, 0.25) is 10.0 Å². The minimum atomic E-state index is -0.527. The summed E-state index contributed by atoms with van der Waals surface area (Å²) >= 11 is 12.4. The molecule has 8 heteroatoms. The predicted octanol–water partition coefficient (Wildman–Crippen LogP) is 5.29. The van der Waals surface area contributed by atoms with Crippen molar-refractivity contribution in [2.75, 3.05) is 6.54 Å². The number of fused-ring (bicyclic) bond motifs is 1. The number of hydrogen-bond donors (Lipinski definition) is 3. The van der Waals surface area contributed by atoms with Crippen molar-refractivity contribution >= 4 is 46.1 Å². The van der Waals surface area contributed by atoms with Crippen LogP contribution in [-0.2, 0) is 4.74 Å². The third-order valence-electron chi connectivity index (χ3n) is 4.02. The summed E-state index contributed by atoms with van der Waals surface area (Å²) in [5.41, 5.74) is 0.0450. The molecule has 0 atom stereocenters. The third-order valence-corrected chi connectivity index (χ3v) is 4.65. The van der Waals surface area contributed by atoms with Crippen molar-refractivity contribution in [1.29, 1.82) is 0 Å². The van der Waals surface area contributed by atoms with Gasteiger partial charge in [0.1, 0.15) is 11.3 Å². The molecule has 0 aliphatic carbocycles. The Morgan fingerprint density at radius 1 is 1.14 bits per heavy atom. The largest absolute Gasteiger partial charge is 0.444 e. The number of benzene rings is 1. The summed E-state index contributed by atoms with van der Waals surface area (Å²) in [5, 5.41) is 7.30. The first-order chi connectivity index (χ1) is 12.9. The van der Waals surface area contributed by atoms with Crippen LogP contribution in [0.15, 0.2) is 18.2 Å². The molecule has 0 aliphatic rings. The molecular formula is C20H27Cl2N3O3. The van der Waals surface area contributed by atoms with Crippen LogP contribution in [0.4, 0.5) is 4.79 Å². The van der Waals surface area contributed by atoms with Crippen LogP contribution in [0.3, 0.4) is 0 Å². The van der Waals surface area contributed by atoms with Crippen molar-refractivity contribution in [1.82, 2.24) is 15.6 Å². The van der Waals surface area contributed by atoms with E-state index in [9.17, 15) is 9.59 Å². The number of aromatic nitrogens is 1. The van der Waals surface area contributed by atoms with E-state index >= 15 is 0 Å². The van der Waals surface area contributed by atoms with Crippen LogP contribution < -0.4 is 10.6 Å². The van der Waals surface area contributed by atoms with Gasteiger partial charge in [0.05, 0.1) is 5.02 Å². The number of rotatable bonds is 6. The maximum Gasteiger partial charge on any atom is 0.407 e. The molecule has 28 heavy (non-hydrogen) atoms. The number of amides is 2. The van der Waals surface area contributed by atoms with Gasteiger partial charge in [-0.25, -0.2) is 4.79 Å². The van der Waals surface area contributed by atoms with Crippen LogP contribution in [0.25, 0.3) is 10.9 Å². The second-order valence-electron chi connectivity index (χ2n) is 8.37. The first-order valence-corrected chi connectivity index (χ1v) is 9.90. The monoisotopic (exact) mass is 427 g/mol. The molecule has 0 bridgehead atoms. The summed E-state index contributed by atoms with van der Waals surface area (Å²) in [4.78, 5) is 27.4. The fraction of sp³-hybridized carbons (Fsp3) is 0.500. The molecule has 1 heterocycles. The summed E-state index contributed by atoms with van der Waals surface area (Å²) in [6.45, 7) is 9.74. The minimum absolute atomic E-state index is 0.289. The van der Waals surface area contributed by atoms with Gasteiger partial charge in [-0.05, 0) is 65.7 Å². The van der Waals surface area contributed by atoms with Crippen molar-refractivity contribution in [2.24, 2.45) is 0 Å². The first-order valence-electron chi connectivity index (χ1n) is 9.14. The highest BCUT2D eigenvalue weighted by molar-refractivity contribution is 6.39. The number of aromatic amines is 1. The van der Waals surface area contributed by atoms with Gasteiger partial charge >= 0.3 is 6.09 Å². The van der Waals surface area contributed by atoms with Crippen LogP contribution in [0.5, 0.6) is 0 Å². The Bertz CT molecular complexity index is 869. The lowest BCUT2D eigenvalue weighted by Gasteiger charge is -2.26. The number of halogens is 2. The summed E-state index contributed by atoms with van der Waals surface area (Å²) in [7, 11) is 0. The minimum Gasteiger partial charge on any atom is -0.444 e. The van der Waals surface area contributed by atoms with E-state index in [0.717, 1.165) is 5.52 Å². The molecule has 0 aliphatic heterocycles. The zero-order valence-electron chi connectivity index (χ0n) is 16.8. The summed E-state index contributed by atoms with van der Waals surface area (Å²) < 4.78 is 5.19. The smallest absolute Gasteiger partial charge is 0.407 e. The second-order valence-corrected chi connectivity index (χ2v) is 9.19. The zero-order valence-corrected chi connectivity index (χ0v) is 18.3. The molecule has 0 radical (unpaired) electrons. The number of alkyl carbamates (subject to hydrolysis) is 1. The highest BCUT2D eigenvalue weighted by Gasteiger charge is 2.24. The van der Waals surface area contributed by atoms with Crippen molar-refractivity contribution in [3.05, 3.63) is 33.9 Å². The van der Waals surface area contributed by atoms with E-state index in [-0.39, 0.29) is 5.91 Å². The van der Waals surface area contributed by atoms with Gasteiger partial charge in [-0.2, -0.15) is 0 Å². The fourth-order valence-corrected chi connectivity index (χ4v) is 3.22. The van der Waals surface area contributed by atoms with Crippen molar-refractivity contribution < 1.29 is 14.3 Å². The van der Waals surface area contributed by atoms with Crippen molar-refractivity contribution in [2.45, 2.75) is 58.6 Å². The number of hydrogen-bond acceptors (Lipinski definition) is 3. The molecule has 1 aromatic carbocycles. The van der Waals surface area contributed by atoms with Gasteiger partial charge in [0, 0.05) is 28.0 Å². The van der Waals surface area contributed by atoms with E-state index in [0.29, 0.717) is 40.5 Å². The molecule has 0 unspecified atom stereocenters. The molecule has 2 rings (SSSR count). The number of carbonyl (C=O) groups excluding carboxylic acids is 2. The number of carbonyl (C=O) groups is 2. The van der Waals surface area contributed by atoms with E-state index in [2.05, 4.69) is 15.6 Å². The maximum absolute atomic E-state index is 12.7. The molecule has 0 spiro atoms. The first kappa shape index (κ1) is 22.4. The number of ether oxygens (including phenoxy) is 1. The lowest BCUT2D eigenvalue weighted by atomic mass is 9.98. The van der Waals surface area contributed by atoms with E-state index in [1.54, 1.807) is 18.2 Å². The van der Waals surface area contributed by atoms with Crippen molar-refractivity contribution in [3.8, 4) is 0 Å². The van der Waals surface area contributed by atoms with Crippen LogP contribution in [0.1, 0.15) is 57.9 Å². The van der Waals surface area contributed by atoms with Gasteiger partial charge in [0.2, 0.25) is 0 Å². The summed E-state index contributed by atoms with van der Waals surface area (Å²) in [5.74, 6) is -0.289. The molecule has 6 nitrogen and oxygen atoms in total. The van der Waals surface area contributed by atoms with Gasteiger partial charge < -0.3 is 20.4 Å². The molecule has 154 valence electrons. The highest BCUT2D eigenvalue weighted by Crippen LogP contribution is 2.30. The highest BCUT2D eigenvalue weighted by atomic mass is 35.5. The molecule has 0 saturated heterocycles. The summed E-state index contributed by atoms with van der Waals surface area (Å²) in [6.07, 6.45) is 0.902. The molecule has 2 amide bonds. The Balaban J connectivity index is 1.90. The predicted molar refractivity (Wildman–Crippen MR) is 113 cm³/mol. The van der Waals surface area contributed by atoms with E-state index in [1.807, 2.05) is 34.6 Å². The van der Waals surface area contributed by atoms with Gasteiger partial charge in [0.15, 0.2) is 0 Å². The standard InChI is InChI=1S/C20H27Cl2N3O3/c1-19(2,3)28-18(27)23-10-6-9-20(4,5)25-17(26)16-15(22)13-11-12(21)7-8-14(13)24-16/h7-8,11,24H,6,9-10H2,1-5H3,(H,23,27)(H,25,26). The molecule has 3 N–H and O–H groups in total. The fourth-order valence-electron chi connectivity index (χ4n) is 2.76. The molecule has 0 saturated carbocycles. The average Bonchev–Trinajstić information content (AvgIpc) is 2.86. The third kappa shape index (κ3) is 6.31. The van der Waals surface area contributed by atoms with E-state index in [1.165, 1.54) is 0 Å². The van der Waals surface area contributed by atoms with Gasteiger partial charge in [0.25, 0.3) is 5.91 Å². The lowest BCUT2D eigenvalue weighted by Crippen LogP contribution is -2.44. The Morgan fingerprint density at radius 3 is 2.46 bits per heavy atom. The van der Waals surface area contributed by atoms with Crippen LogP contribution in [-0.4, -0.2) is 34.7 Å². The molecule has 0 fully saturated rings. The van der Waals surface area contributed by atoms with Crippen molar-refractivity contribution in [3.63, 3.8) is 0 Å². The van der Waals surface area contributed by atoms with Gasteiger partial charge in [-0.1, -0.05) is 23.2 Å². The Kier molecular flexibility index (Phi) is 6.88. The average molecular weight is 428 g/mol. The Labute approximate surface area is 175 Å². The van der Waals surface area contributed by atoms with Gasteiger partial charge in [-0.3, -0.25) is 4.79 Å². The molecular weight excluding hydrogens is 401 g/mol. The molecule has 2 aromatic rings. The maximum atomic E-state index is 12.7. The lowest BCUT2D eigenvalue weighted by molar-refractivity contribution is 0.0524. The van der Waals surface area contributed by atoms with E-state index < -0.39 is 17.2 Å². The van der Waals surface area contributed by atoms with Crippen LogP contribution in [0, 0.1) is 0 Å². The second kappa shape index (κ2) is 8.62. The SMILES string of the molecule is CC(C)(CCCNC(=O)OC(C)(C)C)NC(=O)c1[nH]c2ccc(Cl)cc2c1Cl. The Hall–Kier alpha value is -1.92. The van der Waals surface area contributed by atoms with Crippen LogP contribution >= 0.6 is 23.2 Å². The summed E-state index contributed by atoms with van der Waals surface area (Å²) in [6, 6.07) is 5.24. The number of H-pyrrole nitrogens is 1.